The van der Waals surface area contributed by atoms with Crippen molar-refractivity contribution in [3.8, 4) is 0 Å². The molecule has 32 heavy (non-hydrogen) atoms. The number of aliphatic hydroxyl groups is 1. The lowest BCUT2D eigenvalue weighted by atomic mass is 10.1. The third-order valence-electron chi connectivity index (χ3n) is 4.19. The zero-order chi connectivity index (χ0) is 23.3. The normalized spacial score (nSPS) is 11.6. The standard InChI is InChI=1S/C22H20N4O5S/c1-14-12-15(2)24-22(23-14)26-32(30,31)18-10-8-17(9-11-18)25-21(29)20(28)13-19(27)16-6-4-3-5-7-16/h3-13,27H,1-2H3,(H,25,29)(H,23,24,26)/b19-13-. The maximum Gasteiger partial charge on any atom is 0.296 e. The first-order chi connectivity index (χ1) is 15.1. The number of hydrogen-bond acceptors (Lipinski definition) is 7. The zero-order valence-electron chi connectivity index (χ0n) is 17.2. The third-order valence-corrected chi connectivity index (χ3v) is 5.54. The minimum atomic E-state index is -3.95. The van der Waals surface area contributed by atoms with E-state index in [2.05, 4.69) is 20.0 Å². The van der Waals surface area contributed by atoms with Gasteiger partial charge < -0.3 is 10.4 Å². The van der Waals surface area contributed by atoms with Gasteiger partial charge in [0.25, 0.3) is 15.9 Å². The second kappa shape index (κ2) is 9.40. The molecule has 10 heteroatoms. The Morgan fingerprint density at radius 2 is 1.53 bits per heavy atom. The summed E-state index contributed by atoms with van der Waals surface area (Å²) in [5.41, 5.74) is 1.83. The van der Waals surface area contributed by atoms with Gasteiger partial charge in [-0.25, -0.2) is 23.1 Å². The molecule has 0 aliphatic carbocycles. The number of aryl methyl sites for hydroxylation is 2. The Bertz CT molecular complexity index is 1270. The van der Waals surface area contributed by atoms with Crippen LogP contribution in [0.2, 0.25) is 0 Å². The fourth-order valence-electron chi connectivity index (χ4n) is 2.74. The van der Waals surface area contributed by atoms with Crippen molar-refractivity contribution in [2.45, 2.75) is 18.7 Å². The summed E-state index contributed by atoms with van der Waals surface area (Å²) in [5, 5.41) is 12.3. The van der Waals surface area contributed by atoms with Crippen LogP contribution in [0.5, 0.6) is 0 Å². The van der Waals surface area contributed by atoms with Gasteiger partial charge in [0.05, 0.1) is 4.90 Å². The molecule has 0 bridgehead atoms. The Morgan fingerprint density at radius 3 is 2.12 bits per heavy atom. The summed E-state index contributed by atoms with van der Waals surface area (Å²) in [4.78, 5) is 32.2. The molecule has 0 atom stereocenters. The van der Waals surface area contributed by atoms with Gasteiger partial charge in [0.1, 0.15) is 5.76 Å². The van der Waals surface area contributed by atoms with E-state index in [1.165, 1.54) is 24.3 Å². The van der Waals surface area contributed by atoms with Gasteiger partial charge in [-0.15, -0.1) is 0 Å². The fourth-order valence-corrected chi connectivity index (χ4v) is 3.69. The summed E-state index contributed by atoms with van der Waals surface area (Å²) < 4.78 is 27.4. The molecule has 3 N–H and O–H groups in total. The molecular weight excluding hydrogens is 432 g/mol. The highest BCUT2D eigenvalue weighted by Gasteiger charge is 2.17. The average molecular weight is 452 g/mol. The Labute approximate surface area is 184 Å². The summed E-state index contributed by atoms with van der Waals surface area (Å²) >= 11 is 0. The molecule has 2 aromatic carbocycles. The topological polar surface area (TPSA) is 138 Å². The number of benzene rings is 2. The fraction of sp³-hybridized carbons (Fsp3) is 0.0909. The Morgan fingerprint density at radius 1 is 0.938 bits per heavy atom. The van der Waals surface area contributed by atoms with Crippen LogP contribution in [0, 0.1) is 13.8 Å². The van der Waals surface area contributed by atoms with E-state index in [0.717, 1.165) is 6.08 Å². The average Bonchev–Trinajstić information content (AvgIpc) is 2.73. The molecule has 0 saturated carbocycles. The van der Waals surface area contributed by atoms with Crippen molar-refractivity contribution in [1.29, 1.82) is 0 Å². The summed E-state index contributed by atoms with van der Waals surface area (Å²) in [7, 11) is -3.95. The quantitative estimate of drug-likeness (QED) is 0.284. The Hall–Kier alpha value is -4.05. The van der Waals surface area contributed by atoms with Crippen molar-refractivity contribution in [3.05, 3.63) is 83.7 Å². The number of anilines is 2. The molecule has 0 spiro atoms. The van der Waals surface area contributed by atoms with Crippen molar-refractivity contribution in [2.75, 3.05) is 10.0 Å². The minimum absolute atomic E-state index is 0.0458. The summed E-state index contributed by atoms with van der Waals surface area (Å²) in [6.45, 7) is 3.44. The minimum Gasteiger partial charge on any atom is -0.507 e. The van der Waals surface area contributed by atoms with Crippen LogP contribution in [0.15, 0.2) is 71.6 Å². The molecule has 3 aromatic rings. The van der Waals surface area contributed by atoms with Gasteiger partial charge in [-0.2, -0.15) is 0 Å². The van der Waals surface area contributed by atoms with Gasteiger partial charge in [-0.05, 0) is 44.2 Å². The molecule has 9 nitrogen and oxygen atoms in total. The maximum atomic E-state index is 12.6. The number of carbonyl (C=O) groups is 2. The highest BCUT2D eigenvalue weighted by Crippen LogP contribution is 2.17. The number of hydrogen-bond donors (Lipinski definition) is 3. The van der Waals surface area contributed by atoms with E-state index in [-0.39, 0.29) is 22.3 Å². The van der Waals surface area contributed by atoms with Gasteiger partial charge in [0.15, 0.2) is 0 Å². The molecule has 0 aliphatic rings. The van der Waals surface area contributed by atoms with Gasteiger partial charge in [0.2, 0.25) is 11.7 Å². The molecule has 0 unspecified atom stereocenters. The molecule has 164 valence electrons. The summed E-state index contributed by atoms with van der Waals surface area (Å²) in [6.07, 6.45) is 0.817. The van der Waals surface area contributed by atoms with Crippen LogP contribution in [0.25, 0.3) is 5.76 Å². The number of rotatable bonds is 7. The second-order valence-electron chi connectivity index (χ2n) is 6.82. The smallest absolute Gasteiger partial charge is 0.296 e. The molecule has 0 saturated heterocycles. The van der Waals surface area contributed by atoms with Gasteiger partial charge in [0, 0.05) is 28.7 Å². The van der Waals surface area contributed by atoms with E-state index in [1.807, 2.05) is 0 Å². The monoisotopic (exact) mass is 452 g/mol. The lowest BCUT2D eigenvalue weighted by Gasteiger charge is -2.09. The van der Waals surface area contributed by atoms with Gasteiger partial charge in [-0.3, -0.25) is 9.59 Å². The molecule has 1 aromatic heterocycles. The highest BCUT2D eigenvalue weighted by atomic mass is 32.2. The van der Waals surface area contributed by atoms with E-state index in [4.69, 9.17) is 0 Å². The van der Waals surface area contributed by atoms with Crippen molar-refractivity contribution in [2.24, 2.45) is 0 Å². The number of aromatic nitrogens is 2. The van der Waals surface area contributed by atoms with Crippen LogP contribution in [-0.2, 0) is 19.6 Å². The van der Waals surface area contributed by atoms with Crippen molar-refractivity contribution in [3.63, 3.8) is 0 Å². The molecule has 1 amide bonds. The van der Waals surface area contributed by atoms with Gasteiger partial charge in [-0.1, -0.05) is 30.3 Å². The molecule has 0 fully saturated rings. The Kier molecular flexibility index (Phi) is 6.64. The number of carbonyl (C=O) groups excluding carboxylic acids is 2. The molecule has 1 heterocycles. The van der Waals surface area contributed by atoms with Crippen LogP contribution in [-0.4, -0.2) is 35.2 Å². The van der Waals surface area contributed by atoms with Crippen LogP contribution in [0.3, 0.4) is 0 Å². The zero-order valence-corrected chi connectivity index (χ0v) is 18.1. The number of amides is 1. The first-order valence-corrected chi connectivity index (χ1v) is 10.9. The largest absolute Gasteiger partial charge is 0.507 e. The maximum absolute atomic E-state index is 12.6. The molecule has 0 aliphatic heterocycles. The molecule has 0 radical (unpaired) electrons. The van der Waals surface area contributed by atoms with E-state index in [9.17, 15) is 23.1 Å². The lowest BCUT2D eigenvalue weighted by molar-refractivity contribution is -0.131. The first kappa shape index (κ1) is 22.6. The van der Waals surface area contributed by atoms with Gasteiger partial charge >= 0.3 is 0 Å². The molecule has 3 rings (SSSR count). The van der Waals surface area contributed by atoms with Crippen LogP contribution in [0.4, 0.5) is 11.6 Å². The number of ketones is 1. The highest BCUT2D eigenvalue weighted by molar-refractivity contribution is 7.92. The second-order valence-corrected chi connectivity index (χ2v) is 8.50. The number of aliphatic hydroxyl groups excluding tert-OH is 1. The van der Waals surface area contributed by atoms with Crippen LogP contribution in [0.1, 0.15) is 17.0 Å². The van der Waals surface area contributed by atoms with Crippen LogP contribution >= 0.6 is 0 Å². The lowest BCUT2D eigenvalue weighted by Crippen LogP contribution is -2.21. The van der Waals surface area contributed by atoms with Crippen molar-refractivity contribution >= 4 is 39.1 Å². The van der Waals surface area contributed by atoms with E-state index in [0.29, 0.717) is 17.0 Å². The summed E-state index contributed by atoms with van der Waals surface area (Å²) in [5.74, 6) is -2.33. The SMILES string of the molecule is Cc1cc(C)nc(NS(=O)(=O)c2ccc(NC(=O)C(=O)/C=C(\O)c3ccccc3)cc2)n1. The number of nitrogens with zero attached hydrogens (tertiary/aromatic N) is 2. The summed E-state index contributed by atoms with van der Waals surface area (Å²) in [6, 6.07) is 15.2. The first-order valence-electron chi connectivity index (χ1n) is 9.40. The van der Waals surface area contributed by atoms with Crippen molar-refractivity contribution in [1.82, 2.24) is 9.97 Å². The van der Waals surface area contributed by atoms with E-state index < -0.39 is 21.7 Å². The number of sulfonamides is 1. The van der Waals surface area contributed by atoms with E-state index in [1.54, 1.807) is 50.2 Å². The van der Waals surface area contributed by atoms with E-state index >= 15 is 0 Å². The predicted octanol–water partition coefficient (Wildman–Crippen LogP) is 3.00. The van der Waals surface area contributed by atoms with Crippen LogP contribution < -0.4 is 10.0 Å². The number of nitrogens with one attached hydrogen (secondary N) is 2. The third kappa shape index (κ3) is 5.76. The van der Waals surface area contributed by atoms with Crippen molar-refractivity contribution < 1.29 is 23.1 Å². The molecular formula is C22H20N4O5S. The predicted molar refractivity (Wildman–Crippen MR) is 119 cm³/mol. The Balaban J connectivity index is 1.68.